The molecule has 1 atom stereocenters. The molecule has 1 aromatic rings. The second kappa shape index (κ2) is 14.0. The fourth-order valence-electron chi connectivity index (χ4n) is 1.92. The molecule has 0 fully saturated rings. The second-order valence-electron chi connectivity index (χ2n) is 5.17. The van der Waals surface area contributed by atoms with Gasteiger partial charge in [-0.25, -0.2) is 0 Å². The van der Waals surface area contributed by atoms with Crippen LogP contribution in [0.2, 0.25) is 5.02 Å². The number of carbonyl (C=O) groups is 1. The largest absolute Gasteiger partial charge is 0.489 e. The summed E-state index contributed by atoms with van der Waals surface area (Å²) in [7, 11) is 1.70. The van der Waals surface area contributed by atoms with E-state index in [4.69, 9.17) is 21.1 Å². The fourth-order valence-corrected chi connectivity index (χ4v) is 2.05. The number of nitrogens with zero attached hydrogens (tertiary/aromatic N) is 1. The molecule has 25 heavy (non-hydrogen) atoms. The van der Waals surface area contributed by atoms with E-state index in [0.717, 1.165) is 5.75 Å². The van der Waals surface area contributed by atoms with Crippen molar-refractivity contribution in [2.75, 3.05) is 26.7 Å². The van der Waals surface area contributed by atoms with Crippen LogP contribution in [-0.4, -0.2) is 44.8 Å². The topological polar surface area (TPSA) is 72.0 Å². The molecule has 2 N–H and O–H groups in total. The number of rotatable bonds is 9. The number of ether oxygens (including phenoxy) is 2. The van der Waals surface area contributed by atoms with Crippen LogP contribution in [-0.2, 0) is 9.53 Å². The van der Waals surface area contributed by atoms with Gasteiger partial charge in [-0.2, -0.15) is 0 Å². The molecule has 0 amide bonds. The van der Waals surface area contributed by atoms with Gasteiger partial charge >= 0.3 is 5.97 Å². The van der Waals surface area contributed by atoms with E-state index in [9.17, 15) is 4.79 Å². The molecular weight excluding hydrogens is 457 g/mol. The molecule has 8 heteroatoms. The Hall–Kier alpha value is -1.22. The Morgan fingerprint density at radius 2 is 1.96 bits per heavy atom. The minimum atomic E-state index is -0.174. The third-order valence-electron chi connectivity index (χ3n) is 3.09. The third-order valence-corrected chi connectivity index (χ3v) is 3.34. The van der Waals surface area contributed by atoms with Gasteiger partial charge in [0.05, 0.1) is 13.2 Å². The molecule has 1 unspecified atom stereocenters. The Morgan fingerprint density at radius 3 is 2.56 bits per heavy atom. The van der Waals surface area contributed by atoms with Crippen molar-refractivity contribution in [3.63, 3.8) is 0 Å². The number of nitrogens with one attached hydrogen (secondary N) is 2. The SMILES string of the molecule is CCOC(=O)CCCNC(=NC)NCC(C)Oc1ccc(Cl)cc1.I. The fraction of sp³-hybridized carbons (Fsp3) is 0.529. The predicted octanol–water partition coefficient (Wildman–Crippen LogP) is 3.23. The van der Waals surface area contributed by atoms with Crippen LogP contribution in [0.5, 0.6) is 5.75 Å². The highest BCUT2D eigenvalue weighted by atomic mass is 127. The first-order chi connectivity index (χ1) is 11.5. The molecule has 0 saturated heterocycles. The average Bonchev–Trinajstić information content (AvgIpc) is 2.56. The molecule has 0 aromatic heterocycles. The standard InChI is InChI=1S/C17H26ClN3O3.HI/c1-4-23-16(22)6-5-11-20-17(19-3)21-12-13(2)24-15-9-7-14(18)8-10-15;/h7-10,13H,4-6,11-12H2,1-3H3,(H2,19,20,21);1H. The summed E-state index contributed by atoms with van der Waals surface area (Å²) >= 11 is 5.85. The van der Waals surface area contributed by atoms with Crippen molar-refractivity contribution in [2.24, 2.45) is 4.99 Å². The molecule has 1 aromatic carbocycles. The lowest BCUT2D eigenvalue weighted by atomic mass is 10.3. The van der Waals surface area contributed by atoms with Gasteiger partial charge in [-0.15, -0.1) is 24.0 Å². The summed E-state index contributed by atoms with van der Waals surface area (Å²) in [6, 6.07) is 7.25. The number of halogens is 2. The number of benzene rings is 1. The molecular formula is C17H27ClIN3O3. The molecule has 6 nitrogen and oxygen atoms in total. The maximum Gasteiger partial charge on any atom is 0.305 e. The van der Waals surface area contributed by atoms with Gasteiger partial charge in [0.1, 0.15) is 11.9 Å². The van der Waals surface area contributed by atoms with Crippen LogP contribution in [0.15, 0.2) is 29.3 Å². The molecule has 1 rings (SSSR count). The van der Waals surface area contributed by atoms with Crippen LogP contribution in [0.3, 0.4) is 0 Å². The molecule has 0 saturated carbocycles. The van der Waals surface area contributed by atoms with Gasteiger partial charge < -0.3 is 20.1 Å². The van der Waals surface area contributed by atoms with Crippen LogP contribution in [0, 0.1) is 0 Å². The van der Waals surface area contributed by atoms with E-state index in [1.807, 2.05) is 19.1 Å². The first kappa shape index (κ1) is 23.8. The summed E-state index contributed by atoms with van der Waals surface area (Å²) in [6.45, 7) is 5.43. The van der Waals surface area contributed by atoms with E-state index in [2.05, 4.69) is 15.6 Å². The van der Waals surface area contributed by atoms with Crippen LogP contribution < -0.4 is 15.4 Å². The van der Waals surface area contributed by atoms with E-state index < -0.39 is 0 Å². The van der Waals surface area contributed by atoms with Crippen molar-refractivity contribution in [1.29, 1.82) is 0 Å². The normalized spacial score (nSPS) is 11.9. The zero-order valence-corrected chi connectivity index (χ0v) is 18.0. The summed E-state index contributed by atoms with van der Waals surface area (Å²) < 4.78 is 10.7. The minimum absolute atomic E-state index is 0. The van der Waals surface area contributed by atoms with Gasteiger partial charge in [-0.1, -0.05) is 11.6 Å². The van der Waals surface area contributed by atoms with Crippen LogP contribution >= 0.6 is 35.6 Å². The molecule has 0 aliphatic heterocycles. The van der Waals surface area contributed by atoms with Crippen molar-refractivity contribution >= 4 is 47.5 Å². The van der Waals surface area contributed by atoms with E-state index in [0.29, 0.717) is 43.5 Å². The molecule has 0 spiro atoms. The van der Waals surface area contributed by atoms with Gasteiger partial charge in [0.25, 0.3) is 0 Å². The summed E-state index contributed by atoms with van der Waals surface area (Å²) in [5.41, 5.74) is 0. The number of esters is 1. The number of aliphatic imine (C=N–C) groups is 1. The number of carbonyl (C=O) groups excluding carboxylic acids is 1. The molecule has 142 valence electrons. The summed E-state index contributed by atoms with van der Waals surface area (Å²) in [4.78, 5) is 15.4. The molecule has 0 bridgehead atoms. The van der Waals surface area contributed by atoms with Crippen molar-refractivity contribution in [3.05, 3.63) is 29.3 Å². The maximum absolute atomic E-state index is 11.2. The summed E-state index contributed by atoms with van der Waals surface area (Å²) in [6.07, 6.45) is 1.05. The Balaban J connectivity index is 0.00000576. The van der Waals surface area contributed by atoms with Gasteiger partial charge in [-0.3, -0.25) is 9.79 Å². The first-order valence-corrected chi connectivity index (χ1v) is 8.45. The third kappa shape index (κ3) is 11.1. The zero-order valence-electron chi connectivity index (χ0n) is 14.9. The van der Waals surface area contributed by atoms with Gasteiger partial charge in [-0.05, 0) is 44.5 Å². The van der Waals surface area contributed by atoms with E-state index in [1.54, 1.807) is 26.1 Å². The highest BCUT2D eigenvalue weighted by Crippen LogP contribution is 2.16. The predicted molar refractivity (Wildman–Crippen MR) is 112 cm³/mol. The molecule has 0 aliphatic rings. The number of hydrogen-bond acceptors (Lipinski definition) is 4. The highest BCUT2D eigenvalue weighted by molar-refractivity contribution is 14.0. The van der Waals surface area contributed by atoms with Crippen LogP contribution in [0.4, 0.5) is 0 Å². The molecule has 0 radical (unpaired) electrons. The smallest absolute Gasteiger partial charge is 0.305 e. The van der Waals surface area contributed by atoms with Gasteiger partial charge in [0.15, 0.2) is 5.96 Å². The van der Waals surface area contributed by atoms with Crippen LogP contribution in [0.1, 0.15) is 26.7 Å². The zero-order chi connectivity index (χ0) is 17.8. The van der Waals surface area contributed by atoms with E-state index >= 15 is 0 Å². The number of guanidine groups is 1. The van der Waals surface area contributed by atoms with Crippen molar-refractivity contribution in [3.8, 4) is 5.75 Å². The Bertz CT molecular complexity index is 526. The van der Waals surface area contributed by atoms with Crippen LogP contribution in [0.25, 0.3) is 0 Å². The van der Waals surface area contributed by atoms with Gasteiger partial charge in [0, 0.05) is 25.0 Å². The molecule has 0 aliphatic carbocycles. The Labute approximate surface area is 171 Å². The van der Waals surface area contributed by atoms with E-state index in [1.165, 1.54) is 0 Å². The second-order valence-corrected chi connectivity index (χ2v) is 5.61. The summed E-state index contributed by atoms with van der Waals surface area (Å²) in [5, 5.41) is 7.02. The minimum Gasteiger partial charge on any atom is -0.489 e. The Kier molecular flexibility index (Phi) is 13.3. The van der Waals surface area contributed by atoms with Gasteiger partial charge in [0.2, 0.25) is 0 Å². The summed E-state index contributed by atoms with van der Waals surface area (Å²) in [5.74, 6) is 1.27. The number of hydrogen-bond donors (Lipinski definition) is 2. The first-order valence-electron chi connectivity index (χ1n) is 8.07. The lowest BCUT2D eigenvalue weighted by Crippen LogP contribution is -2.42. The highest BCUT2D eigenvalue weighted by Gasteiger charge is 2.06. The average molecular weight is 484 g/mol. The van der Waals surface area contributed by atoms with E-state index in [-0.39, 0.29) is 36.0 Å². The monoisotopic (exact) mass is 483 g/mol. The lowest BCUT2D eigenvalue weighted by Gasteiger charge is -2.17. The van der Waals surface area contributed by atoms with Crippen molar-refractivity contribution in [1.82, 2.24) is 10.6 Å². The molecule has 0 heterocycles. The Morgan fingerprint density at radius 1 is 1.28 bits per heavy atom. The van der Waals surface area contributed by atoms with Crippen molar-refractivity contribution in [2.45, 2.75) is 32.8 Å². The quantitative estimate of drug-likeness (QED) is 0.185. The maximum atomic E-state index is 11.2. The lowest BCUT2D eigenvalue weighted by molar-refractivity contribution is -0.143. The van der Waals surface area contributed by atoms with Crippen molar-refractivity contribution < 1.29 is 14.3 Å².